The maximum atomic E-state index is 12.4. The highest BCUT2D eigenvalue weighted by atomic mass is 16.7. The number of carbonyl (C=O) groups is 2. The number of hydrogen-bond acceptors (Lipinski definition) is 6. The van der Waals surface area contributed by atoms with Gasteiger partial charge in [0.25, 0.3) is 0 Å². The monoisotopic (exact) mass is 345 g/mol. The van der Waals surface area contributed by atoms with Gasteiger partial charge >= 0.3 is 12.0 Å². The Balaban J connectivity index is 2.20. The Hall–Kier alpha value is -3.03. The Kier molecular flexibility index (Phi) is 4.60. The summed E-state index contributed by atoms with van der Waals surface area (Å²) in [7, 11) is 0. The van der Waals surface area contributed by atoms with Crippen LogP contribution in [-0.2, 0) is 4.74 Å². The van der Waals surface area contributed by atoms with Crippen LogP contribution in [0.25, 0.3) is 10.9 Å². The number of nitrogens with zero attached hydrogens (tertiary/aromatic N) is 2. The number of rotatable bonds is 5. The number of aromatic nitrogens is 1. The number of nitrogens with two attached hydrogens (primary N) is 1. The molecule has 132 valence electrons. The molecule has 25 heavy (non-hydrogen) atoms. The fourth-order valence-corrected chi connectivity index (χ4v) is 2.66. The largest absolute Gasteiger partial charge is 0.462 e. The van der Waals surface area contributed by atoms with E-state index in [-0.39, 0.29) is 24.8 Å². The van der Waals surface area contributed by atoms with E-state index in [2.05, 4.69) is 4.98 Å². The van der Waals surface area contributed by atoms with Crippen LogP contribution in [0.15, 0.2) is 18.2 Å². The van der Waals surface area contributed by atoms with Crippen molar-refractivity contribution in [3.05, 3.63) is 23.8 Å². The first-order chi connectivity index (χ1) is 12.0. The average Bonchev–Trinajstić information content (AvgIpc) is 3.03. The number of esters is 1. The molecule has 2 heterocycles. The Labute approximate surface area is 144 Å². The normalized spacial score (nSPS) is 12.2. The predicted octanol–water partition coefficient (Wildman–Crippen LogP) is 2.44. The number of hydrogen-bond donors (Lipinski definition) is 1. The smallest absolute Gasteiger partial charge is 0.341 e. The van der Waals surface area contributed by atoms with Gasteiger partial charge in [0.2, 0.25) is 6.79 Å². The van der Waals surface area contributed by atoms with Gasteiger partial charge in [0.1, 0.15) is 5.56 Å². The molecule has 2 aromatic rings. The van der Waals surface area contributed by atoms with Crippen LogP contribution >= 0.6 is 0 Å². The molecular formula is C17H19N3O5. The molecule has 0 spiro atoms. The maximum absolute atomic E-state index is 12.4. The van der Waals surface area contributed by atoms with Crippen molar-refractivity contribution in [3.8, 4) is 11.5 Å². The van der Waals surface area contributed by atoms with Crippen LogP contribution in [0.4, 0.5) is 10.6 Å². The van der Waals surface area contributed by atoms with Crippen LogP contribution < -0.4 is 20.1 Å². The van der Waals surface area contributed by atoms with Crippen molar-refractivity contribution in [2.45, 2.75) is 20.3 Å². The first kappa shape index (κ1) is 16.8. The third-order valence-corrected chi connectivity index (χ3v) is 3.75. The zero-order chi connectivity index (χ0) is 18.0. The van der Waals surface area contributed by atoms with Crippen molar-refractivity contribution < 1.29 is 23.8 Å². The molecule has 0 saturated heterocycles. The number of amides is 2. The summed E-state index contributed by atoms with van der Waals surface area (Å²) in [6, 6.07) is 4.40. The summed E-state index contributed by atoms with van der Waals surface area (Å²) in [6.07, 6.45) is 0.659. The van der Waals surface area contributed by atoms with Gasteiger partial charge < -0.3 is 19.9 Å². The standard InChI is InChI=1S/C17H19N3O5/c1-3-5-20(17(18)22)15-11(16(21)23-4-2)6-10-7-13-14(25-9-24-13)8-12(10)19-15/h6-8H,3-5,9H2,1-2H3,(H2,18,22). The van der Waals surface area contributed by atoms with Crippen LogP contribution in [0.5, 0.6) is 11.5 Å². The van der Waals surface area contributed by atoms with E-state index in [0.717, 1.165) is 0 Å². The highest BCUT2D eigenvalue weighted by Gasteiger charge is 2.24. The van der Waals surface area contributed by atoms with E-state index in [0.29, 0.717) is 35.4 Å². The molecule has 1 aromatic carbocycles. The number of anilines is 1. The molecule has 2 N–H and O–H groups in total. The number of primary amides is 1. The van der Waals surface area contributed by atoms with E-state index in [4.69, 9.17) is 19.9 Å². The summed E-state index contributed by atoms with van der Waals surface area (Å²) < 4.78 is 15.8. The van der Waals surface area contributed by atoms with Gasteiger partial charge in [-0.05, 0) is 25.5 Å². The third kappa shape index (κ3) is 3.15. The third-order valence-electron chi connectivity index (χ3n) is 3.75. The van der Waals surface area contributed by atoms with Crippen molar-refractivity contribution in [1.82, 2.24) is 4.98 Å². The number of pyridine rings is 1. The lowest BCUT2D eigenvalue weighted by molar-refractivity contribution is 0.0527. The van der Waals surface area contributed by atoms with Gasteiger partial charge in [-0.2, -0.15) is 0 Å². The lowest BCUT2D eigenvalue weighted by Crippen LogP contribution is -2.38. The molecule has 0 bridgehead atoms. The summed E-state index contributed by atoms with van der Waals surface area (Å²) in [5.41, 5.74) is 6.23. The average molecular weight is 345 g/mol. The predicted molar refractivity (Wildman–Crippen MR) is 91.0 cm³/mol. The Bertz CT molecular complexity index is 837. The molecule has 3 rings (SSSR count). The van der Waals surface area contributed by atoms with Crippen LogP contribution in [-0.4, -0.2) is 36.9 Å². The van der Waals surface area contributed by atoms with Gasteiger partial charge in [-0.15, -0.1) is 0 Å². The molecule has 1 aliphatic heterocycles. The molecule has 0 atom stereocenters. The van der Waals surface area contributed by atoms with Crippen LogP contribution in [0.2, 0.25) is 0 Å². The van der Waals surface area contributed by atoms with E-state index in [9.17, 15) is 9.59 Å². The zero-order valence-corrected chi connectivity index (χ0v) is 14.1. The van der Waals surface area contributed by atoms with E-state index in [1.54, 1.807) is 25.1 Å². The van der Waals surface area contributed by atoms with Crippen LogP contribution in [0.1, 0.15) is 30.6 Å². The summed E-state index contributed by atoms with van der Waals surface area (Å²) >= 11 is 0. The molecule has 0 radical (unpaired) electrons. The SMILES string of the molecule is CCCN(C(N)=O)c1nc2cc3c(cc2cc1C(=O)OCC)OCO3. The molecular weight excluding hydrogens is 326 g/mol. The fourth-order valence-electron chi connectivity index (χ4n) is 2.66. The Morgan fingerprint density at radius 2 is 1.96 bits per heavy atom. The molecule has 8 heteroatoms. The minimum absolute atomic E-state index is 0.131. The summed E-state index contributed by atoms with van der Waals surface area (Å²) in [5, 5.41) is 0.678. The lowest BCUT2D eigenvalue weighted by Gasteiger charge is -2.21. The molecule has 2 amide bonds. The van der Waals surface area contributed by atoms with Gasteiger partial charge in [-0.25, -0.2) is 14.6 Å². The van der Waals surface area contributed by atoms with Crippen molar-refractivity contribution in [1.29, 1.82) is 0 Å². The van der Waals surface area contributed by atoms with Gasteiger partial charge in [0.15, 0.2) is 17.3 Å². The Morgan fingerprint density at radius 1 is 1.24 bits per heavy atom. The van der Waals surface area contributed by atoms with E-state index in [1.165, 1.54) is 4.90 Å². The molecule has 0 saturated carbocycles. The van der Waals surface area contributed by atoms with E-state index >= 15 is 0 Å². The molecule has 0 fully saturated rings. The second-order valence-electron chi connectivity index (χ2n) is 5.47. The second kappa shape index (κ2) is 6.84. The first-order valence-electron chi connectivity index (χ1n) is 8.03. The minimum Gasteiger partial charge on any atom is -0.462 e. The molecule has 1 aliphatic rings. The minimum atomic E-state index is -0.681. The summed E-state index contributed by atoms with van der Waals surface area (Å²) in [5.74, 6) is 0.763. The van der Waals surface area contributed by atoms with Crippen molar-refractivity contribution in [2.24, 2.45) is 5.73 Å². The van der Waals surface area contributed by atoms with Crippen molar-refractivity contribution in [2.75, 3.05) is 24.8 Å². The van der Waals surface area contributed by atoms with Gasteiger partial charge in [0.05, 0.1) is 12.1 Å². The topological polar surface area (TPSA) is 104 Å². The number of benzene rings is 1. The van der Waals surface area contributed by atoms with Gasteiger partial charge in [0, 0.05) is 18.0 Å². The fraction of sp³-hybridized carbons (Fsp3) is 0.353. The quantitative estimate of drug-likeness (QED) is 0.835. The lowest BCUT2D eigenvalue weighted by atomic mass is 10.1. The number of fused-ring (bicyclic) bond motifs is 2. The highest BCUT2D eigenvalue weighted by molar-refractivity contribution is 6.04. The van der Waals surface area contributed by atoms with E-state index < -0.39 is 12.0 Å². The maximum Gasteiger partial charge on any atom is 0.341 e. The van der Waals surface area contributed by atoms with E-state index in [1.807, 2.05) is 6.92 Å². The van der Waals surface area contributed by atoms with Crippen LogP contribution in [0.3, 0.4) is 0 Å². The Morgan fingerprint density at radius 3 is 2.60 bits per heavy atom. The van der Waals surface area contributed by atoms with Crippen LogP contribution in [0, 0.1) is 0 Å². The summed E-state index contributed by atoms with van der Waals surface area (Å²) in [4.78, 5) is 30.0. The number of urea groups is 1. The van der Waals surface area contributed by atoms with Crippen molar-refractivity contribution in [3.63, 3.8) is 0 Å². The first-order valence-corrected chi connectivity index (χ1v) is 8.03. The molecule has 0 unspecified atom stereocenters. The number of ether oxygens (including phenoxy) is 3. The van der Waals surface area contributed by atoms with Crippen molar-refractivity contribution >= 4 is 28.7 Å². The number of carbonyl (C=O) groups excluding carboxylic acids is 2. The van der Waals surface area contributed by atoms with Gasteiger partial charge in [-0.3, -0.25) is 4.90 Å². The highest BCUT2D eigenvalue weighted by Crippen LogP contribution is 2.37. The molecule has 0 aliphatic carbocycles. The van der Waals surface area contributed by atoms with Gasteiger partial charge in [-0.1, -0.05) is 6.92 Å². The zero-order valence-electron chi connectivity index (χ0n) is 14.1. The second-order valence-corrected chi connectivity index (χ2v) is 5.47. The molecule has 8 nitrogen and oxygen atoms in total. The molecule has 1 aromatic heterocycles. The summed E-state index contributed by atoms with van der Waals surface area (Å²) in [6.45, 7) is 4.29.